The smallest absolute Gasteiger partial charge is 0.276 e. The van der Waals surface area contributed by atoms with E-state index >= 15 is 0 Å². The summed E-state index contributed by atoms with van der Waals surface area (Å²) in [6.07, 6.45) is 3.72. The fourth-order valence-electron chi connectivity index (χ4n) is 2.85. The van der Waals surface area contributed by atoms with Gasteiger partial charge in [0, 0.05) is 5.56 Å². The maximum Gasteiger partial charge on any atom is 0.276 e. The monoisotopic (exact) mass is 303 g/mol. The van der Waals surface area contributed by atoms with Crippen LogP contribution in [-0.4, -0.2) is 25.9 Å². The highest BCUT2D eigenvalue weighted by Gasteiger charge is 2.24. The van der Waals surface area contributed by atoms with E-state index in [1.54, 1.807) is 6.20 Å². The molecule has 2 aromatic heterocycles. The number of anilines is 1. The first-order chi connectivity index (χ1) is 10.7. The number of carbonyl (C=O) groups excluding carboxylic acids is 1. The highest BCUT2D eigenvalue weighted by Crippen LogP contribution is 2.24. The minimum Gasteiger partial charge on any atom is -0.370 e. The van der Waals surface area contributed by atoms with Crippen molar-refractivity contribution in [3.8, 4) is 0 Å². The molecule has 0 saturated heterocycles. The van der Waals surface area contributed by atoms with E-state index in [0.29, 0.717) is 24.9 Å². The molecule has 1 aliphatic rings. The van der Waals surface area contributed by atoms with Gasteiger partial charge in [-0.2, -0.15) is 10.2 Å². The minimum absolute atomic E-state index is 0.227. The van der Waals surface area contributed by atoms with E-state index in [-0.39, 0.29) is 5.91 Å². The quantitative estimate of drug-likeness (QED) is 0.889. The summed E-state index contributed by atoms with van der Waals surface area (Å²) >= 11 is 0. The Hall–Kier alpha value is -2.15. The highest BCUT2D eigenvalue weighted by atomic mass is 16.5. The van der Waals surface area contributed by atoms with Gasteiger partial charge < -0.3 is 10.1 Å². The number of hydrogen-bond donors (Lipinski definition) is 2. The van der Waals surface area contributed by atoms with Crippen LogP contribution < -0.4 is 5.32 Å². The topological polar surface area (TPSA) is 84.8 Å². The molecule has 0 spiro atoms. The molecule has 118 valence electrons. The second-order valence-corrected chi connectivity index (χ2v) is 5.53. The van der Waals surface area contributed by atoms with Gasteiger partial charge in [-0.15, -0.1) is 0 Å². The fourth-order valence-corrected chi connectivity index (χ4v) is 2.85. The maximum atomic E-state index is 12.4. The van der Waals surface area contributed by atoms with Crippen molar-refractivity contribution >= 4 is 11.6 Å². The molecule has 0 atom stereocenters. The Balaban J connectivity index is 1.80. The first-order valence-electron chi connectivity index (χ1n) is 7.65. The molecule has 7 nitrogen and oxygen atoms in total. The number of nitrogens with zero attached hydrogens (tertiary/aromatic N) is 3. The van der Waals surface area contributed by atoms with Crippen LogP contribution in [0.3, 0.4) is 0 Å². The molecule has 1 amide bonds. The second-order valence-electron chi connectivity index (χ2n) is 5.53. The summed E-state index contributed by atoms with van der Waals surface area (Å²) < 4.78 is 7.30. The minimum atomic E-state index is -0.227. The molecular formula is C15H21N5O2. The molecule has 22 heavy (non-hydrogen) atoms. The van der Waals surface area contributed by atoms with Gasteiger partial charge in [-0.1, -0.05) is 13.8 Å². The lowest BCUT2D eigenvalue weighted by atomic mass is 10.1. The number of aromatic amines is 1. The molecule has 0 aliphatic carbocycles. The molecule has 3 heterocycles. The van der Waals surface area contributed by atoms with Gasteiger partial charge in [-0.05, 0) is 19.8 Å². The van der Waals surface area contributed by atoms with E-state index in [1.165, 1.54) is 0 Å². The third-order valence-corrected chi connectivity index (χ3v) is 4.24. The number of amides is 1. The molecule has 0 aromatic carbocycles. The summed E-state index contributed by atoms with van der Waals surface area (Å²) in [7, 11) is 0. The molecule has 0 unspecified atom stereocenters. The summed E-state index contributed by atoms with van der Waals surface area (Å²) in [5.74, 6) is -0.227. The van der Waals surface area contributed by atoms with Crippen LogP contribution in [0, 0.1) is 6.92 Å². The zero-order valence-electron chi connectivity index (χ0n) is 13.1. The van der Waals surface area contributed by atoms with E-state index in [0.717, 1.165) is 35.5 Å². The number of ether oxygens (including phenoxy) is 1. The first kappa shape index (κ1) is 14.8. The zero-order valence-corrected chi connectivity index (χ0v) is 13.1. The molecule has 0 fully saturated rings. The van der Waals surface area contributed by atoms with Gasteiger partial charge >= 0.3 is 0 Å². The van der Waals surface area contributed by atoms with Crippen LogP contribution in [0.1, 0.15) is 60.2 Å². The van der Waals surface area contributed by atoms with Gasteiger partial charge in [-0.25, -0.2) is 0 Å². The van der Waals surface area contributed by atoms with Gasteiger partial charge in [0.15, 0.2) is 5.69 Å². The summed E-state index contributed by atoms with van der Waals surface area (Å²) in [6.45, 7) is 7.17. The molecule has 0 saturated carbocycles. The number of carbonyl (C=O) groups is 1. The Morgan fingerprint density at radius 1 is 1.45 bits per heavy atom. The van der Waals surface area contributed by atoms with Crippen LogP contribution in [0.25, 0.3) is 0 Å². The lowest BCUT2D eigenvalue weighted by Crippen LogP contribution is -2.16. The number of aromatic nitrogens is 4. The molecule has 2 N–H and O–H groups in total. The van der Waals surface area contributed by atoms with Crippen molar-refractivity contribution in [3.63, 3.8) is 0 Å². The normalized spacial score (nSPS) is 13.6. The summed E-state index contributed by atoms with van der Waals surface area (Å²) in [5, 5.41) is 14.3. The summed E-state index contributed by atoms with van der Waals surface area (Å²) in [4.78, 5) is 12.4. The zero-order chi connectivity index (χ0) is 15.7. The van der Waals surface area contributed by atoms with E-state index in [4.69, 9.17) is 4.74 Å². The van der Waals surface area contributed by atoms with E-state index in [1.807, 2.05) is 11.6 Å². The van der Waals surface area contributed by atoms with Crippen LogP contribution in [0.15, 0.2) is 6.20 Å². The van der Waals surface area contributed by atoms with Crippen molar-refractivity contribution in [2.24, 2.45) is 0 Å². The largest absolute Gasteiger partial charge is 0.370 e. The van der Waals surface area contributed by atoms with Gasteiger partial charge in [0.1, 0.15) is 0 Å². The van der Waals surface area contributed by atoms with Crippen LogP contribution >= 0.6 is 0 Å². The molecule has 0 radical (unpaired) electrons. The third-order valence-electron chi connectivity index (χ3n) is 4.24. The van der Waals surface area contributed by atoms with Crippen molar-refractivity contribution in [2.45, 2.75) is 52.9 Å². The van der Waals surface area contributed by atoms with Gasteiger partial charge in [0.2, 0.25) is 0 Å². The SMILES string of the molecule is CCC(CC)n1ncc(NC(=O)c2n[nH]c3c2COC3)c1C. The average molecular weight is 303 g/mol. The Kier molecular flexibility index (Phi) is 3.98. The fraction of sp³-hybridized carbons (Fsp3) is 0.533. The Morgan fingerprint density at radius 2 is 2.23 bits per heavy atom. The Morgan fingerprint density at radius 3 is 2.95 bits per heavy atom. The third kappa shape index (κ3) is 2.41. The summed E-state index contributed by atoms with van der Waals surface area (Å²) in [6, 6.07) is 0.355. The predicted molar refractivity (Wildman–Crippen MR) is 81.6 cm³/mol. The Bertz CT molecular complexity index is 684. The molecule has 0 bridgehead atoms. The number of nitrogens with one attached hydrogen (secondary N) is 2. The van der Waals surface area contributed by atoms with Gasteiger partial charge in [0.25, 0.3) is 5.91 Å². The lowest BCUT2D eigenvalue weighted by molar-refractivity contribution is 0.101. The number of H-pyrrole nitrogens is 1. The van der Waals surface area contributed by atoms with Crippen LogP contribution in [-0.2, 0) is 18.0 Å². The second kappa shape index (κ2) is 5.92. The average Bonchev–Trinajstić information content (AvgIpc) is 3.19. The number of rotatable bonds is 5. The van der Waals surface area contributed by atoms with Crippen LogP contribution in [0.4, 0.5) is 5.69 Å². The van der Waals surface area contributed by atoms with Crippen LogP contribution in [0.5, 0.6) is 0 Å². The maximum absolute atomic E-state index is 12.4. The van der Waals surface area contributed by atoms with E-state index in [9.17, 15) is 4.79 Å². The number of hydrogen-bond acceptors (Lipinski definition) is 4. The predicted octanol–water partition coefficient (Wildman–Crippen LogP) is 2.56. The van der Waals surface area contributed by atoms with Gasteiger partial charge in [-0.3, -0.25) is 14.6 Å². The molecule has 3 rings (SSSR count). The van der Waals surface area contributed by atoms with Crippen molar-refractivity contribution in [1.29, 1.82) is 0 Å². The first-order valence-corrected chi connectivity index (χ1v) is 7.65. The van der Waals surface area contributed by atoms with Crippen molar-refractivity contribution in [2.75, 3.05) is 5.32 Å². The molecule has 7 heteroatoms. The highest BCUT2D eigenvalue weighted by molar-refractivity contribution is 6.04. The lowest BCUT2D eigenvalue weighted by Gasteiger charge is -2.15. The summed E-state index contributed by atoms with van der Waals surface area (Å²) in [5.41, 5.74) is 3.83. The molecule has 1 aliphatic heterocycles. The van der Waals surface area contributed by atoms with E-state index < -0.39 is 0 Å². The molecule has 2 aromatic rings. The van der Waals surface area contributed by atoms with Crippen LogP contribution in [0.2, 0.25) is 0 Å². The van der Waals surface area contributed by atoms with Crippen molar-refractivity contribution in [1.82, 2.24) is 20.0 Å². The molecular weight excluding hydrogens is 282 g/mol. The Labute approximate surface area is 129 Å². The van der Waals surface area contributed by atoms with Crippen molar-refractivity contribution < 1.29 is 9.53 Å². The standard InChI is InChI=1S/C15H21N5O2/c1-4-10(5-2)20-9(3)12(6-16-20)17-15(21)14-11-7-22-8-13(11)18-19-14/h6,10H,4-5,7-8H2,1-3H3,(H,17,21)(H,18,19). The number of fused-ring (bicyclic) bond motifs is 1. The van der Waals surface area contributed by atoms with Gasteiger partial charge in [0.05, 0.1) is 42.5 Å². The van der Waals surface area contributed by atoms with Crippen molar-refractivity contribution in [3.05, 3.63) is 28.8 Å². The van der Waals surface area contributed by atoms with E-state index in [2.05, 4.69) is 34.5 Å².